The van der Waals surface area contributed by atoms with Gasteiger partial charge in [0.2, 0.25) is 0 Å². The van der Waals surface area contributed by atoms with Crippen LogP contribution in [0.1, 0.15) is 35.1 Å². The van der Waals surface area contributed by atoms with Crippen LogP contribution in [0.4, 0.5) is 0 Å². The standard InChI is InChI=1S/C21H25ClN2/c1-13-7-9-16(15(3)12-13)21-17(6-4-5-11-23)19-18(22)10-8-14(2)20(19)24-21/h7-10,12,24H,4-6,11,23H2,1-3H3. The quantitative estimate of drug-likeness (QED) is 0.575. The molecule has 0 bridgehead atoms. The Morgan fingerprint density at radius 1 is 1.00 bits per heavy atom. The van der Waals surface area contributed by atoms with Crippen molar-refractivity contribution in [1.29, 1.82) is 0 Å². The number of H-pyrrole nitrogens is 1. The lowest BCUT2D eigenvalue weighted by Crippen LogP contribution is -1.99. The first-order valence-corrected chi connectivity index (χ1v) is 8.98. The van der Waals surface area contributed by atoms with Crippen LogP contribution in [-0.4, -0.2) is 11.5 Å². The van der Waals surface area contributed by atoms with E-state index in [0.717, 1.165) is 36.3 Å². The van der Waals surface area contributed by atoms with Crippen molar-refractivity contribution < 1.29 is 0 Å². The number of nitrogens with one attached hydrogen (secondary N) is 1. The number of aromatic nitrogens is 1. The van der Waals surface area contributed by atoms with Gasteiger partial charge in [-0.05, 0) is 69.3 Å². The molecule has 3 aromatic rings. The highest BCUT2D eigenvalue weighted by Crippen LogP contribution is 2.38. The number of hydrogen-bond donors (Lipinski definition) is 2. The zero-order chi connectivity index (χ0) is 17.3. The van der Waals surface area contributed by atoms with Gasteiger partial charge in [0, 0.05) is 10.9 Å². The second-order valence-corrected chi connectivity index (χ2v) is 7.06. The summed E-state index contributed by atoms with van der Waals surface area (Å²) in [5.41, 5.74) is 14.4. The van der Waals surface area contributed by atoms with Crippen LogP contribution in [0.5, 0.6) is 0 Å². The fourth-order valence-corrected chi connectivity index (χ4v) is 3.75. The third-order valence-electron chi connectivity index (χ3n) is 4.75. The van der Waals surface area contributed by atoms with Crippen LogP contribution >= 0.6 is 11.6 Å². The molecular formula is C21H25ClN2. The second-order valence-electron chi connectivity index (χ2n) is 6.66. The summed E-state index contributed by atoms with van der Waals surface area (Å²) >= 11 is 6.57. The number of hydrogen-bond acceptors (Lipinski definition) is 1. The Labute approximate surface area is 149 Å². The van der Waals surface area contributed by atoms with E-state index in [9.17, 15) is 0 Å². The van der Waals surface area contributed by atoms with Crippen LogP contribution in [-0.2, 0) is 6.42 Å². The smallest absolute Gasteiger partial charge is 0.0506 e. The molecule has 1 aromatic heterocycles. The number of benzene rings is 2. The average molecular weight is 341 g/mol. The lowest BCUT2D eigenvalue weighted by Gasteiger charge is -2.09. The van der Waals surface area contributed by atoms with E-state index in [0.29, 0.717) is 0 Å². The monoisotopic (exact) mass is 340 g/mol. The fourth-order valence-electron chi connectivity index (χ4n) is 3.48. The lowest BCUT2D eigenvalue weighted by atomic mass is 9.96. The van der Waals surface area contributed by atoms with Crippen LogP contribution in [0.15, 0.2) is 30.3 Å². The van der Waals surface area contributed by atoms with Gasteiger partial charge in [-0.1, -0.05) is 41.4 Å². The van der Waals surface area contributed by atoms with Crippen molar-refractivity contribution in [2.24, 2.45) is 5.73 Å². The third-order valence-corrected chi connectivity index (χ3v) is 5.06. The SMILES string of the molecule is Cc1ccc(-c2[nH]c3c(C)ccc(Cl)c3c2CCCCN)c(C)c1. The number of fused-ring (bicyclic) bond motifs is 1. The Hall–Kier alpha value is -1.77. The molecule has 3 heteroatoms. The molecule has 0 amide bonds. The minimum Gasteiger partial charge on any atom is -0.354 e. The van der Waals surface area contributed by atoms with E-state index in [1.807, 2.05) is 6.07 Å². The van der Waals surface area contributed by atoms with E-state index in [4.69, 9.17) is 17.3 Å². The molecule has 0 spiro atoms. The molecule has 1 heterocycles. The second kappa shape index (κ2) is 7.00. The van der Waals surface area contributed by atoms with Crippen LogP contribution < -0.4 is 5.73 Å². The molecule has 0 aliphatic carbocycles. The van der Waals surface area contributed by atoms with Crippen LogP contribution in [0.25, 0.3) is 22.2 Å². The summed E-state index contributed by atoms with van der Waals surface area (Å²) in [4.78, 5) is 3.66. The minimum atomic E-state index is 0.730. The topological polar surface area (TPSA) is 41.8 Å². The minimum absolute atomic E-state index is 0.730. The van der Waals surface area contributed by atoms with Crippen molar-refractivity contribution in [2.45, 2.75) is 40.0 Å². The molecule has 0 saturated carbocycles. The molecule has 2 nitrogen and oxygen atoms in total. The normalized spacial score (nSPS) is 11.4. The van der Waals surface area contributed by atoms with E-state index < -0.39 is 0 Å². The Morgan fingerprint density at radius 3 is 2.50 bits per heavy atom. The Balaban J connectivity index is 2.24. The molecule has 0 saturated heterocycles. The largest absolute Gasteiger partial charge is 0.354 e. The van der Waals surface area contributed by atoms with Gasteiger partial charge < -0.3 is 10.7 Å². The molecule has 0 atom stereocenters. The Morgan fingerprint density at radius 2 is 1.79 bits per heavy atom. The molecule has 0 radical (unpaired) electrons. The van der Waals surface area contributed by atoms with Gasteiger partial charge >= 0.3 is 0 Å². The molecule has 126 valence electrons. The average Bonchev–Trinajstić information content (AvgIpc) is 2.92. The van der Waals surface area contributed by atoms with E-state index >= 15 is 0 Å². The predicted molar refractivity (Wildman–Crippen MR) is 105 cm³/mol. The van der Waals surface area contributed by atoms with E-state index in [-0.39, 0.29) is 0 Å². The van der Waals surface area contributed by atoms with Gasteiger partial charge in [0.05, 0.1) is 16.2 Å². The Bertz CT molecular complexity index is 877. The summed E-state index contributed by atoms with van der Waals surface area (Å²) in [6.07, 6.45) is 3.09. The van der Waals surface area contributed by atoms with Gasteiger partial charge in [-0.3, -0.25) is 0 Å². The van der Waals surface area contributed by atoms with Gasteiger partial charge in [0.25, 0.3) is 0 Å². The highest BCUT2D eigenvalue weighted by atomic mass is 35.5. The fraction of sp³-hybridized carbons (Fsp3) is 0.333. The highest BCUT2D eigenvalue weighted by molar-refractivity contribution is 6.36. The summed E-state index contributed by atoms with van der Waals surface area (Å²) in [7, 11) is 0. The first kappa shape index (κ1) is 17.1. The lowest BCUT2D eigenvalue weighted by molar-refractivity contribution is 0.748. The predicted octanol–water partition coefficient (Wildman–Crippen LogP) is 5.69. The Kier molecular flexibility index (Phi) is 4.98. The van der Waals surface area contributed by atoms with Gasteiger partial charge in [0.15, 0.2) is 0 Å². The maximum atomic E-state index is 6.57. The van der Waals surface area contributed by atoms with E-state index in [1.165, 1.54) is 38.9 Å². The van der Waals surface area contributed by atoms with E-state index in [1.54, 1.807) is 0 Å². The zero-order valence-electron chi connectivity index (χ0n) is 14.7. The summed E-state index contributed by atoms with van der Waals surface area (Å²) < 4.78 is 0. The molecule has 24 heavy (non-hydrogen) atoms. The summed E-state index contributed by atoms with van der Waals surface area (Å²) in [6, 6.07) is 10.7. The van der Waals surface area contributed by atoms with Gasteiger partial charge in [0.1, 0.15) is 0 Å². The highest BCUT2D eigenvalue weighted by Gasteiger charge is 2.17. The molecule has 3 N–H and O–H groups in total. The van der Waals surface area contributed by atoms with Crippen molar-refractivity contribution in [3.63, 3.8) is 0 Å². The molecule has 3 rings (SSSR count). The first-order valence-electron chi connectivity index (χ1n) is 8.60. The summed E-state index contributed by atoms with van der Waals surface area (Å²) in [5, 5.41) is 1.99. The van der Waals surface area contributed by atoms with Gasteiger partial charge in [-0.15, -0.1) is 0 Å². The van der Waals surface area contributed by atoms with Crippen LogP contribution in [0.2, 0.25) is 5.02 Å². The number of halogens is 1. The van der Waals surface area contributed by atoms with Crippen molar-refractivity contribution in [2.75, 3.05) is 6.54 Å². The molecule has 0 fully saturated rings. The number of unbranched alkanes of at least 4 members (excludes halogenated alkanes) is 1. The maximum Gasteiger partial charge on any atom is 0.0506 e. The first-order chi connectivity index (χ1) is 11.5. The number of aryl methyl sites for hydroxylation is 4. The van der Waals surface area contributed by atoms with Gasteiger partial charge in [-0.2, -0.15) is 0 Å². The molecule has 0 aliphatic heterocycles. The number of aromatic amines is 1. The van der Waals surface area contributed by atoms with Crippen LogP contribution in [0, 0.1) is 20.8 Å². The summed E-state index contributed by atoms with van der Waals surface area (Å²) in [5.74, 6) is 0. The van der Waals surface area contributed by atoms with Crippen molar-refractivity contribution in [1.82, 2.24) is 4.98 Å². The maximum absolute atomic E-state index is 6.57. The molecule has 0 aliphatic rings. The van der Waals surface area contributed by atoms with Crippen molar-refractivity contribution in [3.05, 3.63) is 57.6 Å². The number of nitrogens with two attached hydrogens (primary N) is 1. The zero-order valence-corrected chi connectivity index (χ0v) is 15.4. The number of rotatable bonds is 5. The molecule has 0 unspecified atom stereocenters. The molecule has 2 aromatic carbocycles. The molecular weight excluding hydrogens is 316 g/mol. The van der Waals surface area contributed by atoms with Crippen molar-refractivity contribution >= 4 is 22.5 Å². The van der Waals surface area contributed by atoms with Crippen molar-refractivity contribution in [3.8, 4) is 11.3 Å². The van der Waals surface area contributed by atoms with Crippen LogP contribution in [0.3, 0.4) is 0 Å². The summed E-state index contributed by atoms with van der Waals surface area (Å²) in [6.45, 7) is 7.16. The van der Waals surface area contributed by atoms with Gasteiger partial charge in [-0.25, -0.2) is 0 Å². The van der Waals surface area contributed by atoms with E-state index in [2.05, 4.69) is 50.0 Å². The third kappa shape index (κ3) is 3.09.